The van der Waals surface area contributed by atoms with Crippen LogP contribution in [0.1, 0.15) is 41.9 Å². The number of hydrogen-bond acceptors (Lipinski definition) is 4. The van der Waals surface area contributed by atoms with Crippen LogP contribution < -0.4 is 5.32 Å². The van der Waals surface area contributed by atoms with Crippen molar-refractivity contribution < 1.29 is 9.18 Å². The molecule has 3 rings (SSSR count). The van der Waals surface area contributed by atoms with E-state index in [1.807, 2.05) is 6.92 Å². The second-order valence-corrected chi connectivity index (χ2v) is 5.71. The van der Waals surface area contributed by atoms with Gasteiger partial charge in [0.2, 0.25) is 0 Å². The molecule has 5 nitrogen and oxygen atoms in total. The molecule has 1 N–H and O–H groups in total. The molecule has 1 aromatic carbocycles. The van der Waals surface area contributed by atoms with Gasteiger partial charge in [-0.25, -0.2) is 9.37 Å². The van der Waals surface area contributed by atoms with E-state index in [4.69, 9.17) is 0 Å². The van der Waals surface area contributed by atoms with Gasteiger partial charge in [-0.15, -0.1) is 0 Å². The monoisotopic (exact) mass is 314 g/mol. The lowest BCUT2D eigenvalue weighted by Gasteiger charge is -2.17. The first kappa shape index (κ1) is 15.4. The molecule has 1 amide bonds. The lowest BCUT2D eigenvalue weighted by Crippen LogP contribution is -2.28. The number of amides is 1. The fourth-order valence-electron chi connectivity index (χ4n) is 2.68. The molecule has 0 spiro atoms. The molecule has 1 aliphatic heterocycles. The highest BCUT2D eigenvalue weighted by Gasteiger charge is 2.21. The van der Waals surface area contributed by atoms with Gasteiger partial charge in [-0.2, -0.15) is 0 Å². The summed E-state index contributed by atoms with van der Waals surface area (Å²) in [7, 11) is 0. The Morgan fingerprint density at radius 2 is 1.91 bits per heavy atom. The summed E-state index contributed by atoms with van der Waals surface area (Å²) in [5, 5.41) is 3.20. The van der Waals surface area contributed by atoms with Crippen molar-refractivity contribution in [2.45, 2.75) is 25.8 Å². The second-order valence-electron chi connectivity index (χ2n) is 5.71. The van der Waals surface area contributed by atoms with Gasteiger partial charge in [-0.3, -0.25) is 9.78 Å². The van der Waals surface area contributed by atoms with E-state index in [0.29, 0.717) is 11.5 Å². The topological polar surface area (TPSA) is 58.1 Å². The molecule has 1 aliphatic rings. The zero-order valence-electron chi connectivity index (χ0n) is 13.0. The quantitative estimate of drug-likeness (QED) is 0.942. The Bertz CT molecular complexity index is 683. The SMILES string of the molecule is CC(Nc1cncc(C(=O)N2CCCC2)n1)c1ccc(F)cc1. The van der Waals surface area contributed by atoms with Crippen molar-refractivity contribution in [2.75, 3.05) is 18.4 Å². The number of hydrogen-bond donors (Lipinski definition) is 1. The van der Waals surface area contributed by atoms with Crippen LogP contribution in [0.2, 0.25) is 0 Å². The van der Waals surface area contributed by atoms with Crippen LogP contribution in [-0.4, -0.2) is 33.9 Å². The highest BCUT2D eigenvalue weighted by molar-refractivity contribution is 5.92. The van der Waals surface area contributed by atoms with Crippen LogP contribution in [0.5, 0.6) is 0 Å². The number of aromatic nitrogens is 2. The fraction of sp³-hybridized carbons (Fsp3) is 0.353. The predicted octanol–water partition coefficient (Wildman–Crippen LogP) is 3.02. The maximum atomic E-state index is 13.0. The van der Waals surface area contributed by atoms with E-state index in [9.17, 15) is 9.18 Å². The molecule has 2 heterocycles. The van der Waals surface area contributed by atoms with Crippen LogP contribution in [-0.2, 0) is 0 Å². The van der Waals surface area contributed by atoms with Gasteiger partial charge in [0.1, 0.15) is 17.3 Å². The van der Waals surface area contributed by atoms with E-state index in [2.05, 4.69) is 15.3 Å². The van der Waals surface area contributed by atoms with Gasteiger partial charge in [0.05, 0.1) is 12.4 Å². The molecule has 1 unspecified atom stereocenters. The molecule has 2 aromatic rings. The Balaban J connectivity index is 1.71. The van der Waals surface area contributed by atoms with Crippen LogP contribution in [0.4, 0.5) is 10.2 Å². The molecule has 0 saturated carbocycles. The number of anilines is 1. The maximum absolute atomic E-state index is 13.0. The normalized spacial score (nSPS) is 15.5. The summed E-state index contributed by atoms with van der Waals surface area (Å²) in [6, 6.07) is 6.22. The molecule has 6 heteroatoms. The van der Waals surface area contributed by atoms with Gasteiger partial charge in [0.15, 0.2) is 0 Å². The minimum atomic E-state index is -0.265. The average molecular weight is 314 g/mol. The zero-order valence-corrected chi connectivity index (χ0v) is 13.0. The first-order valence-electron chi connectivity index (χ1n) is 7.77. The lowest BCUT2D eigenvalue weighted by molar-refractivity contribution is 0.0786. The van der Waals surface area contributed by atoms with E-state index in [-0.39, 0.29) is 17.8 Å². The first-order chi connectivity index (χ1) is 11.1. The maximum Gasteiger partial charge on any atom is 0.274 e. The van der Waals surface area contributed by atoms with Crippen molar-refractivity contribution in [3.63, 3.8) is 0 Å². The summed E-state index contributed by atoms with van der Waals surface area (Å²) in [4.78, 5) is 22.6. The number of likely N-dealkylation sites (tertiary alicyclic amines) is 1. The number of carbonyl (C=O) groups excluding carboxylic acids is 1. The Kier molecular flexibility index (Phi) is 4.50. The van der Waals surface area contributed by atoms with Gasteiger partial charge in [0.25, 0.3) is 5.91 Å². The molecule has 1 aromatic heterocycles. The molecular weight excluding hydrogens is 295 g/mol. The van der Waals surface area contributed by atoms with Crippen LogP contribution in [0.3, 0.4) is 0 Å². The number of nitrogens with zero attached hydrogens (tertiary/aromatic N) is 3. The summed E-state index contributed by atoms with van der Waals surface area (Å²) in [6.07, 6.45) is 5.16. The van der Waals surface area contributed by atoms with E-state index in [1.165, 1.54) is 18.3 Å². The standard InChI is InChI=1S/C17H19FN4O/c1-12(13-4-6-14(18)7-5-13)20-16-11-19-10-15(21-16)17(23)22-8-2-3-9-22/h4-7,10-12H,2-3,8-9H2,1H3,(H,20,21). The summed E-state index contributed by atoms with van der Waals surface area (Å²) >= 11 is 0. The molecule has 23 heavy (non-hydrogen) atoms. The third-order valence-corrected chi connectivity index (χ3v) is 3.98. The largest absolute Gasteiger partial charge is 0.362 e. The minimum absolute atomic E-state index is 0.0676. The van der Waals surface area contributed by atoms with Gasteiger partial charge in [0, 0.05) is 19.1 Å². The van der Waals surface area contributed by atoms with Crippen molar-refractivity contribution in [3.8, 4) is 0 Å². The van der Waals surface area contributed by atoms with Crippen molar-refractivity contribution in [2.24, 2.45) is 0 Å². The predicted molar refractivity (Wildman–Crippen MR) is 85.6 cm³/mol. The third kappa shape index (κ3) is 3.64. The van der Waals surface area contributed by atoms with E-state index in [0.717, 1.165) is 31.5 Å². The number of nitrogens with one attached hydrogen (secondary N) is 1. The Morgan fingerprint density at radius 1 is 1.22 bits per heavy atom. The van der Waals surface area contributed by atoms with E-state index >= 15 is 0 Å². The van der Waals surface area contributed by atoms with Crippen LogP contribution in [0, 0.1) is 5.82 Å². The number of benzene rings is 1. The van der Waals surface area contributed by atoms with Crippen molar-refractivity contribution >= 4 is 11.7 Å². The highest BCUT2D eigenvalue weighted by Crippen LogP contribution is 2.18. The minimum Gasteiger partial charge on any atom is -0.362 e. The summed E-state index contributed by atoms with van der Waals surface area (Å²) in [6.45, 7) is 3.51. The van der Waals surface area contributed by atoms with Crippen molar-refractivity contribution in [1.29, 1.82) is 0 Å². The number of halogens is 1. The van der Waals surface area contributed by atoms with E-state index in [1.54, 1.807) is 23.2 Å². The van der Waals surface area contributed by atoms with Gasteiger partial charge >= 0.3 is 0 Å². The Morgan fingerprint density at radius 3 is 2.61 bits per heavy atom. The highest BCUT2D eigenvalue weighted by atomic mass is 19.1. The fourth-order valence-corrected chi connectivity index (χ4v) is 2.68. The summed E-state index contributed by atoms with van der Waals surface area (Å²) < 4.78 is 13.0. The lowest BCUT2D eigenvalue weighted by atomic mass is 10.1. The third-order valence-electron chi connectivity index (χ3n) is 3.98. The average Bonchev–Trinajstić information content (AvgIpc) is 3.09. The van der Waals surface area contributed by atoms with E-state index < -0.39 is 0 Å². The molecule has 1 saturated heterocycles. The van der Waals surface area contributed by atoms with Crippen LogP contribution >= 0.6 is 0 Å². The number of carbonyl (C=O) groups is 1. The first-order valence-corrected chi connectivity index (χ1v) is 7.77. The molecule has 1 fully saturated rings. The molecule has 0 radical (unpaired) electrons. The van der Waals surface area contributed by atoms with Crippen LogP contribution in [0.15, 0.2) is 36.7 Å². The summed E-state index contributed by atoms with van der Waals surface area (Å²) in [5.74, 6) is 0.193. The molecular formula is C17H19FN4O. The van der Waals surface area contributed by atoms with Gasteiger partial charge < -0.3 is 10.2 Å². The molecule has 0 bridgehead atoms. The van der Waals surface area contributed by atoms with Crippen molar-refractivity contribution in [3.05, 3.63) is 53.7 Å². The van der Waals surface area contributed by atoms with Crippen LogP contribution in [0.25, 0.3) is 0 Å². The van der Waals surface area contributed by atoms with Gasteiger partial charge in [-0.05, 0) is 37.5 Å². The zero-order chi connectivity index (χ0) is 16.2. The number of rotatable bonds is 4. The Hall–Kier alpha value is -2.50. The Labute approximate surface area is 134 Å². The second kappa shape index (κ2) is 6.73. The molecule has 1 atom stereocenters. The van der Waals surface area contributed by atoms with Gasteiger partial charge in [-0.1, -0.05) is 12.1 Å². The molecule has 120 valence electrons. The summed E-state index contributed by atoms with van der Waals surface area (Å²) in [5.41, 5.74) is 1.28. The molecule has 0 aliphatic carbocycles. The smallest absolute Gasteiger partial charge is 0.274 e. The van der Waals surface area contributed by atoms with Crippen molar-refractivity contribution in [1.82, 2.24) is 14.9 Å².